The van der Waals surface area contributed by atoms with Crippen LogP contribution in [0.4, 0.5) is 0 Å². The number of carbonyl (C=O) groups is 2. The molecule has 4 rings (SSSR count). The molecule has 7 nitrogen and oxygen atoms in total. The lowest BCUT2D eigenvalue weighted by Crippen LogP contribution is -2.34. The number of hydrogen-bond donors (Lipinski definition) is 2. The van der Waals surface area contributed by atoms with Gasteiger partial charge >= 0.3 is 0 Å². The van der Waals surface area contributed by atoms with Gasteiger partial charge in [0.05, 0.1) is 27.0 Å². The fraction of sp³-hybridized carbons (Fsp3) is 0.115. The highest BCUT2D eigenvalue weighted by Gasteiger charge is 2.12. The number of methoxy groups -OCH3 is 2. The van der Waals surface area contributed by atoms with Crippen LogP contribution in [-0.2, 0) is 4.79 Å². The normalized spacial score (nSPS) is 11.0. The molecule has 0 unspecified atom stereocenters. The third kappa shape index (κ3) is 4.77. The molecule has 0 bridgehead atoms. The largest absolute Gasteiger partial charge is 0.493 e. The second kappa shape index (κ2) is 9.82. The van der Waals surface area contributed by atoms with Crippen molar-refractivity contribution in [3.63, 3.8) is 0 Å². The fourth-order valence-corrected chi connectivity index (χ4v) is 3.64. The Labute approximate surface area is 191 Å². The maximum absolute atomic E-state index is 12.4. The van der Waals surface area contributed by atoms with Gasteiger partial charge in [-0.1, -0.05) is 48.5 Å². The molecule has 4 aromatic carbocycles. The Morgan fingerprint density at radius 3 is 2.12 bits per heavy atom. The molecule has 7 heteroatoms. The van der Waals surface area contributed by atoms with Crippen LogP contribution in [0.25, 0.3) is 21.5 Å². The van der Waals surface area contributed by atoms with Crippen LogP contribution >= 0.6 is 0 Å². The standard InChI is InChI=1S/C26H23N3O4/c1-32-23-12-11-19(14-24(23)33-2)26(31)27-16-25(30)29-28-15-22-20-9-5-3-7-17(20)13-18-8-4-6-10-21(18)22/h3-15H,16H2,1-2H3,(H,27,31)(H,29,30)/b28-15-. The van der Waals surface area contributed by atoms with Gasteiger partial charge < -0.3 is 14.8 Å². The van der Waals surface area contributed by atoms with Gasteiger partial charge in [-0.25, -0.2) is 5.43 Å². The fourth-order valence-electron chi connectivity index (χ4n) is 3.64. The third-order valence-electron chi connectivity index (χ3n) is 5.25. The summed E-state index contributed by atoms with van der Waals surface area (Å²) in [5.74, 6) is 0.100. The minimum Gasteiger partial charge on any atom is -0.493 e. The summed E-state index contributed by atoms with van der Waals surface area (Å²) in [6.07, 6.45) is 1.64. The number of amides is 2. The van der Waals surface area contributed by atoms with Crippen molar-refractivity contribution in [1.29, 1.82) is 0 Å². The van der Waals surface area contributed by atoms with Crippen molar-refractivity contribution in [1.82, 2.24) is 10.7 Å². The molecule has 0 saturated carbocycles. The molecule has 0 aliphatic rings. The highest BCUT2D eigenvalue weighted by molar-refractivity contribution is 6.13. The van der Waals surface area contributed by atoms with Crippen molar-refractivity contribution >= 4 is 39.6 Å². The lowest BCUT2D eigenvalue weighted by Gasteiger charge is -2.10. The zero-order valence-corrected chi connectivity index (χ0v) is 18.3. The van der Waals surface area contributed by atoms with Crippen molar-refractivity contribution in [2.45, 2.75) is 0 Å². The van der Waals surface area contributed by atoms with Gasteiger partial charge in [0, 0.05) is 11.1 Å². The van der Waals surface area contributed by atoms with E-state index in [2.05, 4.69) is 21.9 Å². The summed E-state index contributed by atoms with van der Waals surface area (Å²) < 4.78 is 10.4. The second-order valence-corrected chi connectivity index (χ2v) is 7.28. The first kappa shape index (κ1) is 21.8. The van der Waals surface area contributed by atoms with E-state index in [1.54, 1.807) is 24.4 Å². The summed E-state index contributed by atoms with van der Waals surface area (Å²) in [5.41, 5.74) is 3.75. The third-order valence-corrected chi connectivity index (χ3v) is 5.25. The number of nitrogens with one attached hydrogen (secondary N) is 2. The maximum atomic E-state index is 12.4. The number of rotatable bonds is 7. The van der Waals surface area contributed by atoms with Crippen LogP contribution < -0.4 is 20.2 Å². The maximum Gasteiger partial charge on any atom is 0.259 e. The second-order valence-electron chi connectivity index (χ2n) is 7.28. The van der Waals surface area contributed by atoms with Gasteiger partial charge in [-0.05, 0) is 45.8 Å². The molecule has 0 fully saturated rings. The summed E-state index contributed by atoms with van der Waals surface area (Å²) in [6, 6.07) is 23.0. The van der Waals surface area contributed by atoms with E-state index in [1.807, 2.05) is 48.5 Å². The number of fused-ring (bicyclic) bond motifs is 2. The average molecular weight is 441 g/mol. The first-order valence-corrected chi connectivity index (χ1v) is 10.3. The van der Waals surface area contributed by atoms with Crippen LogP contribution in [-0.4, -0.2) is 38.8 Å². The predicted octanol–water partition coefficient (Wildman–Crippen LogP) is 3.89. The molecule has 0 aromatic heterocycles. The average Bonchev–Trinajstić information content (AvgIpc) is 2.86. The van der Waals surface area contributed by atoms with Gasteiger partial charge in [0.2, 0.25) is 0 Å². The number of ether oxygens (including phenoxy) is 2. The SMILES string of the molecule is COc1ccc(C(=O)NCC(=O)N/N=C\c2c3ccccc3cc3ccccc23)cc1OC. The summed E-state index contributed by atoms with van der Waals surface area (Å²) in [7, 11) is 3.01. The molecule has 0 aliphatic carbocycles. The van der Waals surface area contributed by atoms with E-state index in [0.29, 0.717) is 17.1 Å². The molecular formula is C26H23N3O4. The van der Waals surface area contributed by atoms with E-state index in [0.717, 1.165) is 27.1 Å². The first-order chi connectivity index (χ1) is 16.1. The van der Waals surface area contributed by atoms with Crippen LogP contribution in [0.1, 0.15) is 15.9 Å². The number of carbonyl (C=O) groups excluding carboxylic acids is 2. The quantitative estimate of drug-likeness (QED) is 0.259. The van der Waals surface area contributed by atoms with Crippen molar-refractivity contribution in [2.24, 2.45) is 5.10 Å². The van der Waals surface area contributed by atoms with Crippen molar-refractivity contribution in [3.05, 3.63) is 83.9 Å². The van der Waals surface area contributed by atoms with Gasteiger partial charge in [-0.15, -0.1) is 0 Å². The summed E-state index contributed by atoms with van der Waals surface area (Å²) in [4.78, 5) is 24.6. The molecule has 2 N–H and O–H groups in total. The Hall–Kier alpha value is -4.39. The molecule has 0 heterocycles. The molecule has 0 radical (unpaired) electrons. The zero-order chi connectivity index (χ0) is 23.2. The number of hydrogen-bond acceptors (Lipinski definition) is 5. The van der Waals surface area contributed by atoms with Crippen LogP contribution in [0.15, 0.2) is 77.9 Å². The smallest absolute Gasteiger partial charge is 0.259 e. The first-order valence-electron chi connectivity index (χ1n) is 10.3. The highest BCUT2D eigenvalue weighted by atomic mass is 16.5. The van der Waals surface area contributed by atoms with E-state index in [4.69, 9.17) is 9.47 Å². The number of benzene rings is 4. The van der Waals surface area contributed by atoms with Gasteiger partial charge in [0.1, 0.15) is 0 Å². The van der Waals surface area contributed by atoms with E-state index in [-0.39, 0.29) is 6.54 Å². The van der Waals surface area contributed by atoms with E-state index in [1.165, 1.54) is 14.2 Å². The Morgan fingerprint density at radius 2 is 1.48 bits per heavy atom. The van der Waals surface area contributed by atoms with Gasteiger partial charge in [-0.3, -0.25) is 9.59 Å². The summed E-state index contributed by atoms with van der Waals surface area (Å²) >= 11 is 0. The van der Waals surface area contributed by atoms with Crippen LogP contribution in [0, 0.1) is 0 Å². The molecule has 0 saturated heterocycles. The summed E-state index contributed by atoms with van der Waals surface area (Å²) in [6.45, 7) is -0.221. The van der Waals surface area contributed by atoms with Gasteiger partial charge in [0.15, 0.2) is 11.5 Å². The molecule has 0 spiro atoms. The molecule has 4 aromatic rings. The lowest BCUT2D eigenvalue weighted by atomic mass is 9.97. The minimum absolute atomic E-state index is 0.221. The van der Waals surface area contributed by atoms with E-state index < -0.39 is 11.8 Å². The topological polar surface area (TPSA) is 89.0 Å². The van der Waals surface area contributed by atoms with Crippen LogP contribution in [0.2, 0.25) is 0 Å². The molecule has 33 heavy (non-hydrogen) atoms. The minimum atomic E-state index is -0.440. The Kier molecular flexibility index (Phi) is 6.50. The monoisotopic (exact) mass is 441 g/mol. The Bertz CT molecular complexity index is 1310. The Balaban J connectivity index is 1.44. The molecule has 166 valence electrons. The van der Waals surface area contributed by atoms with Crippen LogP contribution in [0.3, 0.4) is 0 Å². The van der Waals surface area contributed by atoms with Crippen molar-refractivity contribution in [2.75, 3.05) is 20.8 Å². The van der Waals surface area contributed by atoms with E-state index >= 15 is 0 Å². The zero-order valence-electron chi connectivity index (χ0n) is 18.3. The lowest BCUT2D eigenvalue weighted by molar-refractivity contribution is -0.120. The van der Waals surface area contributed by atoms with Gasteiger partial charge in [-0.2, -0.15) is 5.10 Å². The molecule has 0 aliphatic heterocycles. The predicted molar refractivity (Wildman–Crippen MR) is 129 cm³/mol. The molecule has 2 amide bonds. The number of hydrazone groups is 1. The van der Waals surface area contributed by atoms with Crippen molar-refractivity contribution < 1.29 is 19.1 Å². The van der Waals surface area contributed by atoms with E-state index in [9.17, 15) is 9.59 Å². The Morgan fingerprint density at radius 1 is 0.848 bits per heavy atom. The van der Waals surface area contributed by atoms with Gasteiger partial charge in [0.25, 0.3) is 11.8 Å². The molecular weight excluding hydrogens is 418 g/mol. The molecule has 0 atom stereocenters. The highest BCUT2D eigenvalue weighted by Crippen LogP contribution is 2.28. The van der Waals surface area contributed by atoms with Crippen LogP contribution in [0.5, 0.6) is 11.5 Å². The summed E-state index contributed by atoms with van der Waals surface area (Å²) in [5, 5.41) is 11.0. The number of nitrogens with zero attached hydrogens (tertiary/aromatic N) is 1. The van der Waals surface area contributed by atoms with Crippen molar-refractivity contribution in [3.8, 4) is 11.5 Å².